The summed E-state index contributed by atoms with van der Waals surface area (Å²) in [5.41, 5.74) is 6.80. The Hall–Kier alpha value is -0.720. The zero-order valence-electron chi connectivity index (χ0n) is 8.71. The third kappa shape index (κ3) is 3.13. The van der Waals surface area contributed by atoms with E-state index in [1.54, 1.807) is 23.5 Å². The number of nitrogens with zero attached hydrogens (tertiary/aromatic N) is 2. The third-order valence-corrected chi connectivity index (χ3v) is 4.64. The molecule has 1 aromatic carbocycles. The van der Waals surface area contributed by atoms with E-state index < -0.39 is 0 Å². The zero-order valence-corrected chi connectivity index (χ0v) is 11.2. The molecule has 1 aromatic heterocycles. The Balaban J connectivity index is 1.94. The summed E-state index contributed by atoms with van der Waals surface area (Å²) in [7, 11) is 0. The number of aromatic nitrogens is 2. The van der Waals surface area contributed by atoms with Gasteiger partial charge in [0.25, 0.3) is 0 Å². The summed E-state index contributed by atoms with van der Waals surface area (Å²) in [6.07, 6.45) is 2.08. The van der Waals surface area contributed by atoms with Crippen LogP contribution in [0.2, 0.25) is 0 Å². The van der Waals surface area contributed by atoms with Crippen LogP contribution in [0, 0.1) is 0 Å². The first-order valence-electron chi connectivity index (χ1n) is 4.62. The molecule has 6 heteroatoms. The molecule has 0 atom stereocenters. The van der Waals surface area contributed by atoms with Crippen molar-refractivity contribution in [1.82, 2.24) is 10.2 Å². The van der Waals surface area contributed by atoms with Gasteiger partial charge in [-0.3, -0.25) is 0 Å². The number of thioether (sulfide) groups is 2. The quantitative estimate of drug-likeness (QED) is 0.864. The molecule has 2 N–H and O–H groups in total. The van der Waals surface area contributed by atoms with E-state index in [9.17, 15) is 0 Å². The highest BCUT2D eigenvalue weighted by molar-refractivity contribution is 8.00. The van der Waals surface area contributed by atoms with Gasteiger partial charge in [-0.1, -0.05) is 35.2 Å². The molecular formula is C10H11N3S3. The van der Waals surface area contributed by atoms with Gasteiger partial charge in [0.1, 0.15) is 0 Å². The monoisotopic (exact) mass is 269 g/mol. The molecule has 0 saturated heterocycles. The van der Waals surface area contributed by atoms with Crippen molar-refractivity contribution in [2.45, 2.75) is 15.0 Å². The number of rotatable bonds is 4. The average Bonchev–Trinajstić information content (AvgIpc) is 2.73. The van der Waals surface area contributed by atoms with Gasteiger partial charge in [-0.05, 0) is 24.0 Å². The smallest absolute Gasteiger partial charge is 0.203 e. The van der Waals surface area contributed by atoms with Crippen LogP contribution < -0.4 is 5.73 Å². The molecule has 0 aliphatic heterocycles. The average molecular weight is 269 g/mol. The fourth-order valence-electron chi connectivity index (χ4n) is 1.15. The van der Waals surface area contributed by atoms with Crippen LogP contribution in [0.3, 0.4) is 0 Å². The second-order valence-corrected chi connectivity index (χ2v) is 6.15. The number of hydrogen-bond donors (Lipinski definition) is 1. The molecular weight excluding hydrogens is 258 g/mol. The highest BCUT2D eigenvalue weighted by Crippen LogP contribution is 2.27. The highest BCUT2D eigenvalue weighted by Gasteiger charge is 2.02. The maximum absolute atomic E-state index is 5.51. The molecule has 2 rings (SSSR count). The van der Waals surface area contributed by atoms with Gasteiger partial charge in [0, 0.05) is 10.6 Å². The van der Waals surface area contributed by atoms with Crippen molar-refractivity contribution in [2.75, 3.05) is 12.0 Å². The van der Waals surface area contributed by atoms with E-state index in [0.717, 1.165) is 10.1 Å². The lowest BCUT2D eigenvalue weighted by Gasteiger charge is -2.00. The Labute approximate surface area is 107 Å². The van der Waals surface area contributed by atoms with Crippen molar-refractivity contribution in [3.8, 4) is 0 Å². The number of anilines is 1. The third-order valence-electron chi connectivity index (χ3n) is 1.94. The van der Waals surface area contributed by atoms with Crippen LogP contribution in [-0.4, -0.2) is 16.5 Å². The van der Waals surface area contributed by atoms with E-state index in [4.69, 9.17) is 5.73 Å². The van der Waals surface area contributed by atoms with Gasteiger partial charge >= 0.3 is 0 Å². The summed E-state index contributed by atoms with van der Waals surface area (Å²) in [5.74, 6) is 0.906. The van der Waals surface area contributed by atoms with Gasteiger partial charge in [0.15, 0.2) is 4.34 Å². The van der Waals surface area contributed by atoms with Gasteiger partial charge in [-0.15, -0.1) is 22.0 Å². The lowest BCUT2D eigenvalue weighted by atomic mass is 10.2. The minimum atomic E-state index is 0.528. The van der Waals surface area contributed by atoms with E-state index in [1.165, 1.54) is 21.8 Å². The van der Waals surface area contributed by atoms with Crippen molar-refractivity contribution in [3.63, 3.8) is 0 Å². The Morgan fingerprint density at radius 1 is 1.25 bits per heavy atom. The normalized spacial score (nSPS) is 10.6. The molecule has 1 heterocycles. The molecule has 0 spiro atoms. The van der Waals surface area contributed by atoms with E-state index in [-0.39, 0.29) is 0 Å². The predicted molar refractivity (Wildman–Crippen MR) is 72.1 cm³/mol. The molecule has 0 aliphatic rings. The van der Waals surface area contributed by atoms with E-state index in [2.05, 4.69) is 40.7 Å². The summed E-state index contributed by atoms with van der Waals surface area (Å²) in [6.45, 7) is 0. The first-order valence-corrected chi connectivity index (χ1v) is 7.65. The molecule has 16 heavy (non-hydrogen) atoms. The summed E-state index contributed by atoms with van der Waals surface area (Å²) in [6, 6.07) is 8.55. The lowest BCUT2D eigenvalue weighted by Crippen LogP contribution is -1.81. The van der Waals surface area contributed by atoms with Gasteiger partial charge in [0.2, 0.25) is 5.13 Å². The minimum absolute atomic E-state index is 0.528. The first kappa shape index (κ1) is 11.8. The fraction of sp³-hybridized carbons (Fsp3) is 0.200. The molecule has 0 bridgehead atoms. The molecule has 0 amide bonds. The SMILES string of the molecule is CSc1ccc(CSc2nnc(N)s2)cc1. The molecule has 0 unspecified atom stereocenters. The molecule has 0 saturated carbocycles. The van der Waals surface area contributed by atoms with Crippen LogP contribution in [0.4, 0.5) is 5.13 Å². The maximum atomic E-state index is 5.51. The van der Waals surface area contributed by atoms with Crippen molar-refractivity contribution >= 4 is 40.0 Å². The van der Waals surface area contributed by atoms with Gasteiger partial charge in [-0.2, -0.15) is 0 Å². The Bertz CT molecular complexity index is 453. The van der Waals surface area contributed by atoms with Gasteiger partial charge < -0.3 is 5.73 Å². The topological polar surface area (TPSA) is 51.8 Å². The van der Waals surface area contributed by atoms with Crippen molar-refractivity contribution in [1.29, 1.82) is 0 Å². The molecule has 2 aromatic rings. The van der Waals surface area contributed by atoms with Crippen molar-refractivity contribution in [2.24, 2.45) is 0 Å². The second-order valence-electron chi connectivity index (χ2n) is 3.04. The second kappa shape index (κ2) is 5.56. The van der Waals surface area contributed by atoms with E-state index in [1.807, 2.05) is 0 Å². The Morgan fingerprint density at radius 2 is 2.00 bits per heavy atom. The predicted octanol–water partition coefficient (Wildman–Crippen LogP) is 3.13. The van der Waals surface area contributed by atoms with Crippen molar-refractivity contribution < 1.29 is 0 Å². The zero-order chi connectivity index (χ0) is 11.4. The van der Waals surface area contributed by atoms with Crippen LogP contribution >= 0.6 is 34.9 Å². The molecule has 0 radical (unpaired) electrons. The number of hydrogen-bond acceptors (Lipinski definition) is 6. The molecule has 0 fully saturated rings. The summed E-state index contributed by atoms with van der Waals surface area (Å²) in [5, 5.41) is 8.27. The Morgan fingerprint density at radius 3 is 2.56 bits per heavy atom. The first-order chi connectivity index (χ1) is 7.78. The minimum Gasteiger partial charge on any atom is -0.374 e. The largest absolute Gasteiger partial charge is 0.374 e. The van der Waals surface area contributed by atoms with Crippen LogP contribution in [-0.2, 0) is 5.75 Å². The number of nitrogens with two attached hydrogens (primary N) is 1. The van der Waals surface area contributed by atoms with Gasteiger partial charge in [-0.25, -0.2) is 0 Å². The Kier molecular flexibility index (Phi) is 4.09. The van der Waals surface area contributed by atoms with Crippen LogP contribution in [0.5, 0.6) is 0 Å². The summed E-state index contributed by atoms with van der Waals surface area (Å²) >= 11 is 4.85. The van der Waals surface area contributed by atoms with Gasteiger partial charge in [0.05, 0.1) is 0 Å². The molecule has 3 nitrogen and oxygen atoms in total. The summed E-state index contributed by atoms with van der Waals surface area (Å²) < 4.78 is 0.923. The van der Waals surface area contributed by atoms with Crippen LogP contribution in [0.25, 0.3) is 0 Å². The van der Waals surface area contributed by atoms with E-state index >= 15 is 0 Å². The number of benzene rings is 1. The number of nitrogen functional groups attached to an aromatic ring is 1. The fourth-order valence-corrected chi connectivity index (χ4v) is 3.15. The highest BCUT2D eigenvalue weighted by atomic mass is 32.2. The molecule has 0 aliphatic carbocycles. The maximum Gasteiger partial charge on any atom is 0.203 e. The van der Waals surface area contributed by atoms with E-state index in [0.29, 0.717) is 5.13 Å². The summed E-state index contributed by atoms with van der Waals surface area (Å²) in [4.78, 5) is 1.29. The van der Waals surface area contributed by atoms with Crippen LogP contribution in [0.1, 0.15) is 5.56 Å². The van der Waals surface area contributed by atoms with Crippen molar-refractivity contribution in [3.05, 3.63) is 29.8 Å². The lowest BCUT2D eigenvalue weighted by molar-refractivity contribution is 1.02. The van der Waals surface area contributed by atoms with Crippen LogP contribution in [0.15, 0.2) is 33.5 Å². The molecule has 84 valence electrons. The standard InChI is InChI=1S/C10H11N3S3/c1-14-8-4-2-7(3-5-8)6-15-10-13-12-9(11)16-10/h2-5H,6H2,1H3,(H2,11,12).